The van der Waals surface area contributed by atoms with Gasteiger partial charge in [0.2, 0.25) is 5.91 Å². The smallest absolute Gasteiger partial charge is 0.220 e. The van der Waals surface area contributed by atoms with Gasteiger partial charge in [-0.2, -0.15) is 0 Å². The quantitative estimate of drug-likeness (QED) is 0.0523. The minimum atomic E-state index is -0.675. The lowest BCUT2D eigenvalue weighted by molar-refractivity contribution is -0.123. The molecule has 0 heterocycles. The van der Waals surface area contributed by atoms with Gasteiger partial charge in [-0.3, -0.25) is 4.79 Å². The van der Waals surface area contributed by atoms with Crippen molar-refractivity contribution >= 4 is 5.91 Å². The molecular formula is C38H75NO3. The predicted molar refractivity (Wildman–Crippen MR) is 184 cm³/mol. The van der Waals surface area contributed by atoms with Gasteiger partial charge >= 0.3 is 0 Å². The molecule has 3 N–H and O–H groups in total. The first-order valence-corrected chi connectivity index (χ1v) is 18.8. The van der Waals surface area contributed by atoms with Crippen molar-refractivity contribution in [3.63, 3.8) is 0 Å². The SMILES string of the molecule is CCCCCCCC/C=C/CCCCCCCC(=O)N[C@@H](CO)[C@H](O)[C@H](CC)CCCCCCCCCCCCCC. The minimum Gasteiger partial charge on any atom is -0.394 e. The summed E-state index contributed by atoms with van der Waals surface area (Å²) < 4.78 is 0. The van der Waals surface area contributed by atoms with Gasteiger partial charge in [0, 0.05) is 6.42 Å². The first-order valence-electron chi connectivity index (χ1n) is 18.8. The van der Waals surface area contributed by atoms with E-state index in [-0.39, 0.29) is 18.4 Å². The van der Waals surface area contributed by atoms with E-state index in [9.17, 15) is 15.0 Å². The lowest BCUT2D eigenvalue weighted by Gasteiger charge is -2.29. The molecule has 3 atom stereocenters. The van der Waals surface area contributed by atoms with Gasteiger partial charge in [-0.1, -0.05) is 168 Å². The highest BCUT2D eigenvalue weighted by molar-refractivity contribution is 5.76. The van der Waals surface area contributed by atoms with Crippen molar-refractivity contribution in [2.24, 2.45) is 5.92 Å². The first kappa shape index (κ1) is 41.1. The molecule has 0 rings (SSSR count). The summed E-state index contributed by atoms with van der Waals surface area (Å²) in [5.41, 5.74) is 0. The Labute approximate surface area is 263 Å². The molecule has 4 heteroatoms. The Kier molecular flexibility index (Phi) is 32.3. The first-order chi connectivity index (χ1) is 20.6. The van der Waals surface area contributed by atoms with Gasteiger partial charge in [-0.05, 0) is 44.4 Å². The molecule has 0 aromatic rings. The molecule has 0 aliphatic rings. The number of aliphatic hydroxyl groups is 2. The molecule has 0 radical (unpaired) electrons. The second kappa shape index (κ2) is 33.0. The third kappa shape index (κ3) is 26.7. The Balaban J connectivity index is 3.83. The van der Waals surface area contributed by atoms with Crippen LogP contribution in [0.25, 0.3) is 0 Å². The van der Waals surface area contributed by atoms with Crippen LogP contribution in [0.4, 0.5) is 0 Å². The van der Waals surface area contributed by atoms with Crippen LogP contribution in [0, 0.1) is 5.92 Å². The zero-order chi connectivity index (χ0) is 30.9. The summed E-state index contributed by atoms with van der Waals surface area (Å²) in [5.74, 6) is 0.0939. The van der Waals surface area contributed by atoms with Gasteiger partial charge in [-0.15, -0.1) is 0 Å². The largest absolute Gasteiger partial charge is 0.394 e. The molecule has 0 spiro atoms. The number of amides is 1. The van der Waals surface area contributed by atoms with Crippen molar-refractivity contribution < 1.29 is 15.0 Å². The van der Waals surface area contributed by atoms with E-state index in [1.165, 1.54) is 141 Å². The van der Waals surface area contributed by atoms with Crippen molar-refractivity contribution in [3.8, 4) is 0 Å². The number of carbonyl (C=O) groups excluding carboxylic acids is 1. The van der Waals surface area contributed by atoms with Crippen LogP contribution in [-0.4, -0.2) is 34.9 Å². The fourth-order valence-corrected chi connectivity index (χ4v) is 6.07. The van der Waals surface area contributed by atoms with Crippen molar-refractivity contribution in [3.05, 3.63) is 12.2 Å². The number of aliphatic hydroxyl groups excluding tert-OH is 2. The maximum absolute atomic E-state index is 12.5. The van der Waals surface area contributed by atoms with Gasteiger partial charge in [0.05, 0.1) is 18.8 Å². The molecular weight excluding hydrogens is 518 g/mol. The number of hydrogen-bond acceptors (Lipinski definition) is 3. The van der Waals surface area contributed by atoms with Crippen molar-refractivity contribution in [1.82, 2.24) is 5.32 Å². The summed E-state index contributed by atoms with van der Waals surface area (Å²) in [6.07, 6.45) is 38.5. The third-order valence-corrected chi connectivity index (χ3v) is 9.06. The minimum absolute atomic E-state index is 0.0362. The average Bonchev–Trinajstić information content (AvgIpc) is 3.00. The fourth-order valence-electron chi connectivity index (χ4n) is 6.07. The van der Waals surface area contributed by atoms with Gasteiger partial charge in [0.15, 0.2) is 0 Å². The standard InChI is InChI=1S/C38H75NO3/c1-4-7-9-11-13-15-17-19-20-21-23-25-27-29-31-33-37(41)39-36(34-40)38(42)35(6-3)32-30-28-26-24-22-18-16-14-12-10-8-5-2/h19-20,35-36,38,40,42H,4-18,21-34H2,1-3H3,(H,39,41)/b20-19+/t35-,36+,38-/m1/s1. The number of nitrogens with one attached hydrogen (secondary N) is 1. The van der Waals surface area contributed by atoms with Gasteiger partial charge < -0.3 is 15.5 Å². The summed E-state index contributed by atoms with van der Waals surface area (Å²) in [6, 6.07) is -0.553. The monoisotopic (exact) mass is 594 g/mol. The highest BCUT2D eigenvalue weighted by Gasteiger charge is 2.27. The summed E-state index contributed by atoms with van der Waals surface area (Å²) >= 11 is 0. The van der Waals surface area contributed by atoms with E-state index in [0.29, 0.717) is 6.42 Å². The van der Waals surface area contributed by atoms with Crippen molar-refractivity contribution in [2.45, 2.75) is 213 Å². The molecule has 0 saturated heterocycles. The van der Waals surface area contributed by atoms with Crippen LogP contribution >= 0.6 is 0 Å². The van der Waals surface area contributed by atoms with Gasteiger partial charge in [-0.25, -0.2) is 0 Å². The molecule has 250 valence electrons. The van der Waals surface area contributed by atoms with E-state index in [0.717, 1.165) is 32.1 Å². The zero-order valence-electron chi connectivity index (χ0n) is 28.7. The maximum Gasteiger partial charge on any atom is 0.220 e. The summed E-state index contributed by atoms with van der Waals surface area (Å²) in [7, 11) is 0. The number of allylic oxidation sites excluding steroid dienone is 2. The molecule has 42 heavy (non-hydrogen) atoms. The van der Waals surface area contributed by atoms with E-state index >= 15 is 0 Å². The van der Waals surface area contributed by atoms with Crippen LogP contribution in [0.15, 0.2) is 12.2 Å². The fraction of sp³-hybridized carbons (Fsp3) is 0.921. The summed E-state index contributed by atoms with van der Waals surface area (Å²) in [6.45, 7) is 6.45. The van der Waals surface area contributed by atoms with E-state index in [1.54, 1.807) is 0 Å². The number of carbonyl (C=O) groups is 1. The molecule has 0 bridgehead atoms. The molecule has 0 saturated carbocycles. The number of rotatable bonds is 33. The molecule has 0 aliphatic carbocycles. The van der Waals surface area contributed by atoms with Gasteiger partial charge in [0.25, 0.3) is 0 Å². The lowest BCUT2D eigenvalue weighted by Crippen LogP contribution is -2.48. The van der Waals surface area contributed by atoms with Crippen LogP contribution < -0.4 is 5.32 Å². The van der Waals surface area contributed by atoms with E-state index in [1.807, 2.05) is 0 Å². The van der Waals surface area contributed by atoms with Crippen LogP contribution in [0.1, 0.15) is 201 Å². The van der Waals surface area contributed by atoms with E-state index < -0.39 is 12.1 Å². The van der Waals surface area contributed by atoms with Crippen molar-refractivity contribution in [2.75, 3.05) is 6.61 Å². The van der Waals surface area contributed by atoms with E-state index in [2.05, 4.69) is 38.2 Å². The molecule has 0 aliphatic heterocycles. The Morgan fingerprint density at radius 2 is 1.00 bits per heavy atom. The third-order valence-electron chi connectivity index (χ3n) is 9.06. The second-order valence-corrected chi connectivity index (χ2v) is 13.0. The van der Waals surface area contributed by atoms with Crippen LogP contribution in [0.5, 0.6) is 0 Å². The second-order valence-electron chi connectivity index (χ2n) is 13.0. The Bertz CT molecular complexity index is 579. The number of unbranched alkanes of at least 4 members (excludes halogenated alkanes) is 22. The molecule has 1 amide bonds. The maximum atomic E-state index is 12.5. The van der Waals surface area contributed by atoms with Gasteiger partial charge in [0.1, 0.15) is 0 Å². The van der Waals surface area contributed by atoms with Crippen LogP contribution in [0.2, 0.25) is 0 Å². The molecule has 0 aromatic carbocycles. The molecule has 0 fully saturated rings. The predicted octanol–water partition coefficient (Wildman–Crippen LogP) is 11.0. The highest BCUT2D eigenvalue weighted by Crippen LogP contribution is 2.21. The van der Waals surface area contributed by atoms with Crippen LogP contribution in [0.3, 0.4) is 0 Å². The highest BCUT2D eigenvalue weighted by atomic mass is 16.3. The Morgan fingerprint density at radius 1 is 0.595 bits per heavy atom. The Morgan fingerprint density at radius 3 is 1.43 bits per heavy atom. The van der Waals surface area contributed by atoms with Crippen molar-refractivity contribution in [1.29, 1.82) is 0 Å². The Hall–Kier alpha value is -0.870. The zero-order valence-corrected chi connectivity index (χ0v) is 28.7. The lowest BCUT2D eigenvalue weighted by atomic mass is 9.88. The van der Waals surface area contributed by atoms with E-state index in [4.69, 9.17) is 0 Å². The summed E-state index contributed by atoms with van der Waals surface area (Å²) in [4.78, 5) is 12.5. The topological polar surface area (TPSA) is 69.6 Å². The molecule has 0 aromatic heterocycles. The molecule has 4 nitrogen and oxygen atoms in total. The number of hydrogen-bond donors (Lipinski definition) is 3. The normalized spacial score (nSPS) is 13.9. The molecule has 0 unspecified atom stereocenters. The van der Waals surface area contributed by atoms with Crippen LogP contribution in [-0.2, 0) is 4.79 Å². The summed E-state index contributed by atoms with van der Waals surface area (Å²) in [5, 5.41) is 23.7. The average molecular weight is 594 g/mol.